The molecule has 3 aromatic rings. The van der Waals surface area contributed by atoms with E-state index in [0.717, 1.165) is 10.8 Å². The molecule has 0 aliphatic heterocycles. The number of carbonyl (C=O) groups is 2. The first kappa shape index (κ1) is 13.3. The lowest BCUT2D eigenvalue weighted by molar-refractivity contribution is 0.0694. The lowest BCUT2D eigenvalue weighted by Gasteiger charge is -2.04. The van der Waals surface area contributed by atoms with Gasteiger partial charge in [-0.3, -0.25) is 0 Å². The van der Waals surface area contributed by atoms with E-state index in [4.69, 9.17) is 9.84 Å². The fourth-order valence-corrected chi connectivity index (χ4v) is 2.55. The SMILES string of the molecule is O=C(O)c1ccc2cc(C(=O)Oc3cccs3)ccc2c1. The van der Waals surface area contributed by atoms with Crippen molar-refractivity contribution in [2.24, 2.45) is 0 Å². The van der Waals surface area contributed by atoms with Crippen LogP contribution in [0.1, 0.15) is 20.7 Å². The summed E-state index contributed by atoms with van der Waals surface area (Å²) < 4.78 is 5.24. The van der Waals surface area contributed by atoms with Gasteiger partial charge in [0.15, 0.2) is 5.06 Å². The van der Waals surface area contributed by atoms with Crippen molar-refractivity contribution < 1.29 is 19.4 Å². The molecule has 0 spiro atoms. The van der Waals surface area contributed by atoms with Crippen LogP contribution in [0.2, 0.25) is 0 Å². The molecule has 1 heterocycles. The van der Waals surface area contributed by atoms with E-state index in [1.165, 1.54) is 17.4 Å². The monoisotopic (exact) mass is 298 g/mol. The van der Waals surface area contributed by atoms with E-state index < -0.39 is 11.9 Å². The van der Waals surface area contributed by atoms with Crippen molar-refractivity contribution in [1.82, 2.24) is 0 Å². The maximum absolute atomic E-state index is 12.0. The van der Waals surface area contributed by atoms with E-state index in [0.29, 0.717) is 10.6 Å². The van der Waals surface area contributed by atoms with E-state index in [2.05, 4.69) is 0 Å². The van der Waals surface area contributed by atoms with Crippen molar-refractivity contribution in [3.05, 3.63) is 65.0 Å². The predicted molar refractivity (Wildman–Crippen MR) is 80.2 cm³/mol. The number of hydrogen-bond donors (Lipinski definition) is 1. The molecule has 0 fully saturated rings. The molecule has 21 heavy (non-hydrogen) atoms. The van der Waals surface area contributed by atoms with E-state index in [9.17, 15) is 9.59 Å². The molecule has 0 aliphatic rings. The standard InChI is InChI=1S/C16H10O4S/c17-15(18)12-5-3-11-9-13(6-4-10(11)8-12)16(19)20-14-2-1-7-21-14/h1-9H,(H,17,18). The summed E-state index contributed by atoms with van der Waals surface area (Å²) in [7, 11) is 0. The molecule has 1 N–H and O–H groups in total. The van der Waals surface area contributed by atoms with Crippen molar-refractivity contribution >= 4 is 34.0 Å². The number of fused-ring (bicyclic) bond motifs is 1. The summed E-state index contributed by atoms with van der Waals surface area (Å²) in [5, 5.41) is 12.9. The number of carboxylic acids is 1. The third kappa shape index (κ3) is 2.78. The van der Waals surface area contributed by atoms with Gasteiger partial charge < -0.3 is 9.84 Å². The molecule has 0 unspecified atom stereocenters. The van der Waals surface area contributed by atoms with Crippen LogP contribution in [-0.2, 0) is 0 Å². The van der Waals surface area contributed by atoms with Gasteiger partial charge in [0.25, 0.3) is 0 Å². The van der Waals surface area contributed by atoms with Crippen LogP contribution in [0.25, 0.3) is 10.8 Å². The molecule has 4 nitrogen and oxygen atoms in total. The molecule has 104 valence electrons. The van der Waals surface area contributed by atoms with E-state index in [1.54, 1.807) is 42.5 Å². The number of hydrogen-bond acceptors (Lipinski definition) is 4. The minimum Gasteiger partial charge on any atom is -0.478 e. The molecular formula is C16H10O4S. The maximum atomic E-state index is 12.0. The summed E-state index contributed by atoms with van der Waals surface area (Å²) in [4.78, 5) is 22.9. The number of carbonyl (C=O) groups excluding carboxylic acids is 1. The summed E-state index contributed by atoms with van der Waals surface area (Å²) in [6, 6.07) is 13.3. The zero-order valence-electron chi connectivity index (χ0n) is 10.8. The summed E-state index contributed by atoms with van der Waals surface area (Å²) in [6.07, 6.45) is 0. The molecule has 0 amide bonds. The molecule has 5 heteroatoms. The molecule has 0 saturated carbocycles. The zero-order chi connectivity index (χ0) is 14.8. The number of thiophene rings is 1. The second-order valence-electron chi connectivity index (χ2n) is 4.40. The first-order valence-corrected chi connectivity index (χ1v) is 7.04. The Hall–Kier alpha value is -2.66. The van der Waals surface area contributed by atoms with E-state index >= 15 is 0 Å². The van der Waals surface area contributed by atoms with Crippen molar-refractivity contribution in [3.63, 3.8) is 0 Å². The normalized spacial score (nSPS) is 10.5. The summed E-state index contributed by atoms with van der Waals surface area (Å²) in [5.41, 5.74) is 0.649. The maximum Gasteiger partial charge on any atom is 0.344 e. The van der Waals surface area contributed by atoms with Gasteiger partial charge >= 0.3 is 11.9 Å². The topological polar surface area (TPSA) is 63.6 Å². The van der Waals surface area contributed by atoms with Crippen molar-refractivity contribution in [3.8, 4) is 5.06 Å². The quantitative estimate of drug-likeness (QED) is 0.747. The van der Waals surface area contributed by atoms with Gasteiger partial charge in [0.2, 0.25) is 0 Å². The van der Waals surface area contributed by atoms with Gasteiger partial charge in [-0.1, -0.05) is 12.1 Å². The average molecular weight is 298 g/mol. The Balaban J connectivity index is 1.92. The van der Waals surface area contributed by atoms with Crippen LogP contribution in [0.15, 0.2) is 53.9 Å². The number of esters is 1. The first-order chi connectivity index (χ1) is 10.1. The van der Waals surface area contributed by atoms with Crippen molar-refractivity contribution in [2.45, 2.75) is 0 Å². The summed E-state index contributed by atoms with van der Waals surface area (Å²) >= 11 is 1.35. The molecule has 3 rings (SSSR count). The fourth-order valence-electron chi connectivity index (χ4n) is 1.98. The van der Waals surface area contributed by atoms with Crippen LogP contribution < -0.4 is 4.74 Å². The number of benzene rings is 2. The lowest BCUT2D eigenvalue weighted by Crippen LogP contribution is -2.07. The summed E-state index contributed by atoms with van der Waals surface area (Å²) in [6.45, 7) is 0. The van der Waals surface area contributed by atoms with Gasteiger partial charge in [-0.15, -0.1) is 11.3 Å². The van der Waals surface area contributed by atoms with Gasteiger partial charge in [-0.2, -0.15) is 0 Å². The Bertz CT molecular complexity index is 821. The highest BCUT2D eigenvalue weighted by atomic mass is 32.1. The Labute approximate surface area is 124 Å². The van der Waals surface area contributed by atoms with Crippen molar-refractivity contribution in [2.75, 3.05) is 0 Å². The largest absolute Gasteiger partial charge is 0.478 e. The molecule has 0 bridgehead atoms. The molecule has 1 aromatic heterocycles. The highest BCUT2D eigenvalue weighted by Gasteiger charge is 2.11. The van der Waals surface area contributed by atoms with Crippen molar-refractivity contribution in [1.29, 1.82) is 0 Å². The molecule has 0 radical (unpaired) electrons. The Kier molecular flexibility index (Phi) is 3.41. The summed E-state index contributed by atoms with van der Waals surface area (Å²) in [5.74, 6) is -1.40. The predicted octanol–water partition coefficient (Wildman–Crippen LogP) is 3.82. The Morgan fingerprint density at radius 3 is 2.24 bits per heavy atom. The van der Waals surface area contributed by atoms with Crippen LogP contribution in [0, 0.1) is 0 Å². The van der Waals surface area contributed by atoms with Crippen LogP contribution in [0.4, 0.5) is 0 Å². The minimum absolute atomic E-state index is 0.219. The number of carboxylic acid groups (broad SMARTS) is 1. The molecule has 0 aliphatic carbocycles. The van der Waals surface area contributed by atoms with E-state index in [1.807, 2.05) is 5.38 Å². The van der Waals surface area contributed by atoms with Gasteiger partial charge in [0, 0.05) is 0 Å². The highest BCUT2D eigenvalue weighted by Crippen LogP contribution is 2.22. The van der Waals surface area contributed by atoms with Gasteiger partial charge in [0.1, 0.15) is 0 Å². The smallest absolute Gasteiger partial charge is 0.344 e. The third-order valence-electron chi connectivity index (χ3n) is 3.01. The lowest BCUT2D eigenvalue weighted by atomic mass is 10.0. The number of rotatable bonds is 3. The third-order valence-corrected chi connectivity index (χ3v) is 3.76. The van der Waals surface area contributed by atoms with Crippen LogP contribution in [0.3, 0.4) is 0 Å². The zero-order valence-corrected chi connectivity index (χ0v) is 11.6. The molecule has 0 saturated heterocycles. The van der Waals surface area contributed by atoms with Crippen LogP contribution in [-0.4, -0.2) is 17.0 Å². The second kappa shape index (κ2) is 5.38. The number of ether oxygens (including phenoxy) is 1. The Morgan fingerprint density at radius 1 is 0.952 bits per heavy atom. The van der Waals surface area contributed by atoms with Crippen LogP contribution >= 0.6 is 11.3 Å². The fraction of sp³-hybridized carbons (Fsp3) is 0. The molecule has 2 aromatic carbocycles. The first-order valence-electron chi connectivity index (χ1n) is 6.16. The molecule has 0 atom stereocenters. The highest BCUT2D eigenvalue weighted by molar-refractivity contribution is 7.11. The van der Waals surface area contributed by atoms with Crippen LogP contribution in [0.5, 0.6) is 5.06 Å². The second-order valence-corrected chi connectivity index (χ2v) is 5.31. The van der Waals surface area contributed by atoms with E-state index in [-0.39, 0.29) is 5.56 Å². The van der Waals surface area contributed by atoms with Gasteiger partial charge in [-0.25, -0.2) is 9.59 Å². The van der Waals surface area contributed by atoms with Gasteiger partial charge in [0.05, 0.1) is 11.1 Å². The minimum atomic E-state index is -0.974. The Morgan fingerprint density at radius 2 is 1.62 bits per heavy atom. The number of aromatic carboxylic acids is 1. The van der Waals surface area contributed by atoms with Gasteiger partial charge in [-0.05, 0) is 52.6 Å². The molecular weight excluding hydrogens is 288 g/mol. The average Bonchev–Trinajstić information content (AvgIpc) is 2.99.